The van der Waals surface area contributed by atoms with Crippen LogP contribution < -0.4 is 5.32 Å². The molecular formula is C23H44IN5O2. The Morgan fingerprint density at radius 3 is 2.42 bits per heavy atom. The number of carbonyl (C=O) groups excluding carboxylic acids is 1. The van der Waals surface area contributed by atoms with Crippen LogP contribution >= 0.6 is 24.0 Å². The second-order valence-corrected chi connectivity index (χ2v) is 9.15. The Hall–Kier alpha value is -0.610. The number of piperazine rings is 1. The van der Waals surface area contributed by atoms with E-state index in [1.165, 1.54) is 32.1 Å². The van der Waals surface area contributed by atoms with E-state index in [2.05, 4.69) is 34.0 Å². The first kappa shape index (κ1) is 26.6. The van der Waals surface area contributed by atoms with Gasteiger partial charge in [0.2, 0.25) is 5.91 Å². The lowest BCUT2D eigenvalue weighted by Gasteiger charge is -2.35. The van der Waals surface area contributed by atoms with Gasteiger partial charge < -0.3 is 19.9 Å². The minimum absolute atomic E-state index is 0. The Morgan fingerprint density at radius 2 is 1.77 bits per heavy atom. The van der Waals surface area contributed by atoms with Gasteiger partial charge in [-0.1, -0.05) is 12.8 Å². The van der Waals surface area contributed by atoms with E-state index in [4.69, 9.17) is 9.73 Å². The molecule has 1 N–H and O–H groups in total. The summed E-state index contributed by atoms with van der Waals surface area (Å²) in [5, 5.41) is 3.44. The monoisotopic (exact) mass is 549 g/mol. The smallest absolute Gasteiger partial charge is 0.225 e. The predicted molar refractivity (Wildman–Crippen MR) is 137 cm³/mol. The summed E-state index contributed by atoms with van der Waals surface area (Å²) in [6, 6.07) is 0. The van der Waals surface area contributed by atoms with E-state index in [0.717, 1.165) is 90.3 Å². The molecule has 3 rings (SSSR count). The van der Waals surface area contributed by atoms with Crippen LogP contribution in [0.5, 0.6) is 0 Å². The normalized spacial score (nSPS) is 21.7. The summed E-state index contributed by atoms with van der Waals surface area (Å²) >= 11 is 0. The Kier molecular flexibility index (Phi) is 12.5. The van der Waals surface area contributed by atoms with Gasteiger partial charge in [0.05, 0.1) is 6.54 Å². The summed E-state index contributed by atoms with van der Waals surface area (Å²) in [5.74, 6) is 2.51. The van der Waals surface area contributed by atoms with Crippen molar-refractivity contribution >= 4 is 35.8 Å². The van der Waals surface area contributed by atoms with Gasteiger partial charge in [0.15, 0.2) is 5.96 Å². The van der Waals surface area contributed by atoms with Crippen molar-refractivity contribution in [2.75, 3.05) is 72.6 Å². The first-order chi connectivity index (χ1) is 14.7. The van der Waals surface area contributed by atoms with Gasteiger partial charge >= 0.3 is 0 Å². The molecule has 2 heterocycles. The summed E-state index contributed by atoms with van der Waals surface area (Å²) in [7, 11) is 2.15. The number of ether oxygens (including phenoxy) is 1. The van der Waals surface area contributed by atoms with Gasteiger partial charge in [0.25, 0.3) is 0 Å². The molecule has 1 saturated carbocycles. The van der Waals surface area contributed by atoms with E-state index in [0.29, 0.717) is 11.8 Å². The third-order valence-electron chi connectivity index (χ3n) is 6.98. The molecule has 1 amide bonds. The molecule has 2 aliphatic heterocycles. The molecule has 0 aromatic rings. The second-order valence-electron chi connectivity index (χ2n) is 9.15. The Labute approximate surface area is 206 Å². The third-order valence-corrected chi connectivity index (χ3v) is 6.98. The SMILES string of the molecule is CCNC(=NCCN1CCN(C(=O)C2CCCC2)CC1)N(C)CCC1CCOCC1.I. The fraction of sp³-hybridized carbons (Fsp3) is 0.913. The molecule has 7 nitrogen and oxygen atoms in total. The van der Waals surface area contributed by atoms with Crippen molar-refractivity contribution in [3.63, 3.8) is 0 Å². The van der Waals surface area contributed by atoms with Gasteiger partial charge in [0, 0.05) is 72.0 Å². The van der Waals surface area contributed by atoms with Crippen LogP contribution in [0.4, 0.5) is 0 Å². The van der Waals surface area contributed by atoms with E-state index in [1.807, 2.05) is 0 Å². The lowest BCUT2D eigenvalue weighted by Crippen LogP contribution is -2.50. The standard InChI is InChI=1S/C23H43N5O2.HI/c1-3-24-23(26(2)12-8-20-9-18-30-19-10-20)25-11-13-27-14-16-28(17-15-27)22(29)21-6-4-5-7-21;/h20-21H,3-19H2,1-2H3,(H,24,25);1H. The number of nitrogens with one attached hydrogen (secondary N) is 1. The maximum atomic E-state index is 12.6. The van der Waals surface area contributed by atoms with Crippen LogP contribution in [0.1, 0.15) is 51.9 Å². The number of carbonyl (C=O) groups is 1. The molecule has 3 aliphatic rings. The molecule has 0 aromatic carbocycles. The van der Waals surface area contributed by atoms with Crippen molar-refractivity contribution in [2.45, 2.75) is 51.9 Å². The molecular weight excluding hydrogens is 505 g/mol. The number of hydrogen-bond donors (Lipinski definition) is 1. The van der Waals surface area contributed by atoms with Crippen LogP contribution in [0.25, 0.3) is 0 Å². The summed E-state index contributed by atoms with van der Waals surface area (Å²) in [4.78, 5) is 24.3. The molecule has 2 saturated heterocycles. The van der Waals surface area contributed by atoms with Gasteiger partial charge in [-0.15, -0.1) is 24.0 Å². The van der Waals surface area contributed by atoms with Crippen molar-refractivity contribution in [3.05, 3.63) is 0 Å². The zero-order valence-corrected chi connectivity index (χ0v) is 22.0. The molecule has 31 heavy (non-hydrogen) atoms. The van der Waals surface area contributed by atoms with Gasteiger partial charge in [-0.25, -0.2) is 0 Å². The van der Waals surface area contributed by atoms with Crippen molar-refractivity contribution in [2.24, 2.45) is 16.8 Å². The first-order valence-corrected chi connectivity index (χ1v) is 12.3. The van der Waals surface area contributed by atoms with Crippen LogP contribution in [0.2, 0.25) is 0 Å². The van der Waals surface area contributed by atoms with Crippen LogP contribution in [0.3, 0.4) is 0 Å². The lowest BCUT2D eigenvalue weighted by atomic mass is 9.96. The average Bonchev–Trinajstić information content (AvgIpc) is 3.32. The van der Waals surface area contributed by atoms with E-state index >= 15 is 0 Å². The highest BCUT2D eigenvalue weighted by atomic mass is 127. The minimum atomic E-state index is 0. The predicted octanol–water partition coefficient (Wildman–Crippen LogP) is 2.65. The van der Waals surface area contributed by atoms with E-state index in [-0.39, 0.29) is 24.0 Å². The first-order valence-electron chi connectivity index (χ1n) is 12.3. The van der Waals surface area contributed by atoms with Crippen molar-refractivity contribution in [1.29, 1.82) is 0 Å². The maximum Gasteiger partial charge on any atom is 0.225 e. The van der Waals surface area contributed by atoms with Crippen molar-refractivity contribution < 1.29 is 9.53 Å². The zero-order valence-electron chi connectivity index (χ0n) is 19.7. The van der Waals surface area contributed by atoms with Crippen LogP contribution in [0, 0.1) is 11.8 Å². The highest BCUT2D eigenvalue weighted by Gasteiger charge is 2.29. The number of nitrogens with zero attached hydrogens (tertiary/aromatic N) is 4. The summed E-state index contributed by atoms with van der Waals surface area (Å²) in [5.41, 5.74) is 0. The molecule has 0 spiro atoms. The lowest BCUT2D eigenvalue weighted by molar-refractivity contribution is -0.137. The maximum absolute atomic E-state index is 12.6. The highest BCUT2D eigenvalue weighted by Crippen LogP contribution is 2.26. The highest BCUT2D eigenvalue weighted by molar-refractivity contribution is 14.0. The number of halogens is 1. The zero-order chi connectivity index (χ0) is 21.2. The molecule has 0 aromatic heterocycles. The number of aliphatic imine (C=N–C) groups is 1. The second kappa shape index (κ2) is 14.5. The topological polar surface area (TPSA) is 60.4 Å². The Morgan fingerprint density at radius 1 is 1.10 bits per heavy atom. The van der Waals surface area contributed by atoms with Gasteiger partial charge in [0.1, 0.15) is 0 Å². The summed E-state index contributed by atoms with van der Waals surface area (Å²) in [6.45, 7) is 11.4. The van der Waals surface area contributed by atoms with E-state index in [9.17, 15) is 4.79 Å². The minimum Gasteiger partial charge on any atom is -0.381 e. The van der Waals surface area contributed by atoms with E-state index < -0.39 is 0 Å². The van der Waals surface area contributed by atoms with Crippen molar-refractivity contribution in [1.82, 2.24) is 20.0 Å². The number of amides is 1. The summed E-state index contributed by atoms with van der Waals surface area (Å²) < 4.78 is 5.47. The Balaban J connectivity index is 0.00000341. The third kappa shape index (κ3) is 8.68. The molecule has 0 radical (unpaired) electrons. The van der Waals surface area contributed by atoms with Gasteiger partial charge in [-0.2, -0.15) is 0 Å². The number of rotatable bonds is 8. The van der Waals surface area contributed by atoms with Crippen LogP contribution in [-0.4, -0.2) is 99.2 Å². The molecule has 3 fully saturated rings. The molecule has 0 bridgehead atoms. The van der Waals surface area contributed by atoms with E-state index in [1.54, 1.807) is 0 Å². The Bertz CT molecular complexity index is 542. The molecule has 0 unspecified atom stereocenters. The van der Waals surface area contributed by atoms with Gasteiger partial charge in [-0.3, -0.25) is 14.7 Å². The fourth-order valence-electron chi connectivity index (χ4n) is 4.91. The largest absolute Gasteiger partial charge is 0.381 e. The molecule has 1 aliphatic carbocycles. The van der Waals surface area contributed by atoms with Crippen LogP contribution in [0.15, 0.2) is 4.99 Å². The van der Waals surface area contributed by atoms with Crippen LogP contribution in [-0.2, 0) is 9.53 Å². The molecule has 0 atom stereocenters. The quantitative estimate of drug-likeness (QED) is 0.287. The van der Waals surface area contributed by atoms with Gasteiger partial charge in [-0.05, 0) is 44.9 Å². The fourth-order valence-corrected chi connectivity index (χ4v) is 4.91. The average molecular weight is 550 g/mol. The molecule has 8 heteroatoms. The van der Waals surface area contributed by atoms with Crippen molar-refractivity contribution in [3.8, 4) is 0 Å². The molecule has 180 valence electrons. The number of guanidine groups is 1. The summed E-state index contributed by atoms with van der Waals surface area (Å²) in [6.07, 6.45) is 8.25. The number of hydrogen-bond acceptors (Lipinski definition) is 4.